The van der Waals surface area contributed by atoms with Gasteiger partial charge in [0, 0.05) is 46.7 Å². The third kappa shape index (κ3) is 4.67. The summed E-state index contributed by atoms with van der Waals surface area (Å²) in [5.74, 6) is 0.844. The molecule has 182 valence electrons. The van der Waals surface area contributed by atoms with Crippen LogP contribution in [0.25, 0.3) is 0 Å². The zero-order chi connectivity index (χ0) is 23.7. The Morgan fingerprint density at radius 2 is 1.94 bits per heavy atom. The monoisotopic (exact) mass is 507 g/mol. The molecule has 4 atom stereocenters. The molecule has 0 bridgehead atoms. The Morgan fingerprint density at radius 3 is 2.71 bits per heavy atom. The number of rotatable bonds is 7. The molecule has 5 rings (SSSR count). The van der Waals surface area contributed by atoms with Gasteiger partial charge < -0.3 is 14.8 Å². The molecular weight excluding hydrogens is 480 g/mol. The topological polar surface area (TPSA) is 47.6 Å². The average Bonchev–Trinajstić information content (AvgIpc) is 3.25. The molecule has 8 heteroatoms. The summed E-state index contributed by atoms with van der Waals surface area (Å²) in [6, 6.07) is 10.2. The molecule has 2 aromatic carbocycles. The van der Waals surface area contributed by atoms with Crippen LogP contribution in [0.5, 0.6) is 5.75 Å². The number of benzene rings is 2. The van der Waals surface area contributed by atoms with Crippen molar-refractivity contribution in [2.45, 2.75) is 49.7 Å². The minimum absolute atomic E-state index is 0.0391. The molecule has 0 saturated carbocycles. The Morgan fingerprint density at radius 1 is 1.15 bits per heavy atom. The molecule has 4 nitrogen and oxygen atoms in total. The summed E-state index contributed by atoms with van der Waals surface area (Å²) in [7, 11) is 0. The van der Waals surface area contributed by atoms with Crippen molar-refractivity contribution in [2.24, 2.45) is 5.92 Å². The second-order valence-electron chi connectivity index (χ2n) is 9.44. The lowest BCUT2D eigenvalue weighted by molar-refractivity contribution is -0.119. The van der Waals surface area contributed by atoms with E-state index in [-0.39, 0.29) is 36.3 Å². The molecule has 34 heavy (non-hydrogen) atoms. The number of thioether (sulfide) groups is 1. The first kappa shape index (κ1) is 23.9. The molecule has 2 saturated heterocycles. The van der Waals surface area contributed by atoms with Crippen LogP contribution < -0.4 is 10.1 Å². The summed E-state index contributed by atoms with van der Waals surface area (Å²) < 4.78 is 42.1. The first-order valence-corrected chi connectivity index (χ1v) is 13.3. The highest BCUT2D eigenvalue weighted by molar-refractivity contribution is 7.99. The Balaban J connectivity index is 1.39. The number of nitrogens with one attached hydrogen (secondary N) is 1. The van der Waals surface area contributed by atoms with E-state index in [0.717, 1.165) is 36.0 Å². The maximum Gasteiger partial charge on any atom is 0.220 e. The fraction of sp³-hybridized carbons (Fsp3) is 0.500. The summed E-state index contributed by atoms with van der Waals surface area (Å²) >= 11 is 7.89. The summed E-state index contributed by atoms with van der Waals surface area (Å²) in [5.41, 5.74) is 0.742. The van der Waals surface area contributed by atoms with E-state index in [0.29, 0.717) is 36.5 Å². The molecule has 0 unspecified atom stereocenters. The zero-order valence-corrected chi connectivity index (χ0v) is 20.4. The lowest BCUT2D eigenvalue weighted by Crippen LogP contribution is -2.55. The normalized spacial score (nSPS) is 28.1. The highest BCUT2D eigenvalue weighted by atomic mass is 35.5. The van der Waals surface area contributed by atoms with E-state index in [1.54, 1.807) is 11.8 Å². The molecule has 0 radical (unpaired) electrons. The third-order valence-electron chi connectivity index (χ3n) is 7.39. The first-order chi connectivity index (χ1) is 16.5. The zero-order valence-electron chi connectivity index (χ0n) is 18.8. The maximum absolute atomic E-state index is 15.3. The summed E-state index contributed by atoms with van der Waals surface area (Å²) in [6.45, 7) is 0.766. The quantitative estimate of drug-likeness (QED) is 0.517. The number of carbonyl (C=O) groups excluding carboxylic acids is 1. The molecule has 2 fully saturated rings. The Hall–Kier alpha value is -1.83. The number of amides is 1. The lowest BCUT2D eigenvalue weighted by atomic mass is 9.60. The standard InChI is InChI=1S/C26H28ClF2NO3S/c27-17-3-1-16(2-4-17)13-26-10-11-32-22(9-12-34-15-18-5-8-23(31)30-18)19(26)14-33-25-21(29)7-6-20(28)24(25)26/h1-4,6-7,18-19,22H,5,8-15H2,(H,30,31)/t18-,19-,22-,26-/m0/s1. The molecule has 0 aromatic heterocycles. The van der Waals surface area contributed by atoms with Gasteiger partial charge in [0.15, 0.2) is 11.6 Å². The van der Waals surface area contributed by atoms with Crippen molar-refractivity contribution < 1.29 is 23.0 Å². The fourth-order valence-corrected chi connectivity index (χ4v) is 6.95. The first-order valence-electron chi connectivity index (χ1n) is 11.8. The number of halogens is 3. The Kier molecular flexibility index (Phi) is 7.05. The van der Waals surface area contributed by atoms with Gasteiger partial charge in [-0.3, -0.25) is 4.79 Å². The summed E-state index contributed by atoms with van der Waals surface area (Å²) in [4.78, 5) is 11.4. The van der Waals surface area contributed by atoms with Gasteiger partial charge in [-0.1, -0.05) is 23.7 Å². The molecule has 1 amide bonds. The molecule has 0 aliphatic carbocycles. The van der Waals surface area contributed by atoms with Crippen LogP contribution in [0.1, 0.15) is 36.8 Å². The van der Waals surface area contributed by atoms with Gasteiger partial charge in [0.1, 0.15) is 5.82 Å². The van der Waals surface area contributed by atoms with Crippen LogP contribution in [-0.2, 0) is 21.4 Å². The van der Waals surface area contributed by atoms with Crippen LogP contribution >= 0.6 is 23.4 Å². The minimum atomic E-state index is -0.624. The average molecular weight is 508 g/mol. The molecule has 3 heterocycles. The van der Waals surface area contributed by atoms with E-state index in [1.807, 2.05) is 24.3 Å². The maximum atomic E-state index is 15.3. The van der Waals surface area contributed by atoms with Gasteiger partial charge in [-0.15, -0.1) is 0 Å². The lowest BCUT2D eigenvalue weighted by Gasteiger charge is -2.51. The van der Waals surface area contributed by atoms with Crippen LogP contribution in [0.2, 0.25) is 5.02 Å². The largest absolute Gasteiger partial charge is 0.490 e. The number of fused-ring (bicyclic) bond motifs is 3. The molecule has 0 spiro atoms. The number of hydrogen-bond acceptors (Lipinski definition) is 4. The van der Waals surface area contributed by atoms with Crippen molar-refractivity contribution in [1.82, 2.24) is 5.32 Å². The fourth-order valence-electron chi connectivity index (χ4n) is 5.72. The van der Waals surface area contributed by atoms with Gasteiger partial charge in [0.25, 0.3) is 0 Å². The highest BCUT2D eigenvalue weighted by Crippen LogP contribution is 2.52. The third-order valence-corrected chi connectivity index (χ3v) is 8.80. The predicted molar refractivity (Wildman–Crippen MR) is 130 cm³/mol. The van der Waals surface area contributed by atoms with Gasteiger partial charge in [-0.2, -0.15) is 11.8 Å². The second kappa shape index (κ2) is 10.0. The van der Waals surface area contributed by atoms with E-state index in [1.165, 1.54) is 6.07 Å². The van der Waals surface area contributed by atoms with Gasteiger partial charge in [0.2, 0.25) is 5.91 Å². The number of carbonyl (C=O) groups is 1. The molecule has 3 aliphatic rings. The summed E-state index contributed by atoms with van der Waals surface area (Å²) in [5, 5.41) is 3.64. The van der Waals surface area contributed by atoms with Crippen molar-refractivity contribution in [3.63, 3.8) is 0 Å². The molecule has 1 N–H and O–H groups in total. The summed E-state index contributed by atoms with van der Waals surface area (Å²) in [6.07, 6.45) is 3.30. The molecular formula is C26H28ClF2NO3S. The van der Waals surface area contributed by atoms with E-state index in [2.05, 4.69) is 5.32 Å². The molecule has 3 aliphatic heterocycles. The molecule has 2 aromatic rings. The van der Waals surface area contributed by atoms with E-state index >= 15 is 4.39 Å². The van der Waals surface area contributed by atoms with Crippen molar-refractivity contribution in [1.29, 1.82) is 0 Å². The van der Waals surface area contributed by atoms with E-state index in [9.17, 15) is 9.18 Å². The Labute approximate surface area is 207 Å². The van der Waals surface area contributed by atoms with E-state index < -0.39 is 17.0 Å². The van der Waals surface area contributed by atoms with Crippen molar-refractivity contribution in [2.75, 3.05) is 24.7 Å². The van der Waals surface area contributed by atoms with Crippen LogP contribution in [0.4, 0.5) is 8.78 Å². The SMILES string of the molecule is O=C1CC[C@@H](CSCC[C@@H]2OCC[C@@]3(Cc4ccc(Cl)cc4)c4c(F)ccc(F)c4OC[C@@H]23)N1. The number of hydrogen-bond donors (Lipinski definition) is 1. The van der Waals surface area contributed by atoms with E-state index in [4.69, 9.17) is 21.1 Å². The highest BCUT2D eigenvalue weighted by Gasteiger charge is 2.53. The predicted octanol–water partition coefficient (Wildman–Crippen LogP) is 5.30. The van der Waals surface area contributed by atoms with Crippen molar-refractivity contribution >= 4 is 29.3 Å². The second-order valence-corrected chi connectivity index (χ2v) is 11.0. The van der Waals surface area contributed by atoms with Crippen molar-refractivity contribution in [3.8, 4) is 5.75 Å². The van der Waals surface area contributed by atoms with Crippen LogP contribution in [0.3, 0.4) is 0 Å². The van der Waals surface area contributed by atoms with Gasteiger partial charge >= 0.3 is 0 Å². The van der Waals surface area contributed by atoms with Crippen LogP contribution in [0, 0.1) is 17.6 Å². The van der Waals surface area contributed by atoms with Crippen LogP contribution in [-0.4, -0.2) is 42.8 Å². The minimum Gasteiger partial charge on any atom is -0.490 e. The van der Waals surface area contributed by atoms with Gasteiger partial charge in [0.05, 0.1) is 12.7 Å². The smallest absolute Gasteiger partial charge is 0.220 e. The van der Waals surface area contributed by atoms with Gasteiger partial charge in [-0.25, -0.2) is 8.78 Å². The Bertz CT molecular complexity index is 1050. The van der Waals surface area contributed by atoms with Crippen LogP contribution in [0.15, 0.2) is 36.4 Å². The van der Waals surface area contributed by atoms with Gasteiger partial charge in [-0.05, 0) is 61.3 Å². The van der Waals surface area contributed by atoms with Crippen molar-refractivity contribution in [3.05, 3.63) is 64.2 Å². The number of ether oxygens (including phenoxy) is 2.